The Bertz CT molecular complexity index is 297. The molecule has 0 spiro atoms. The average molecular weight is 184 g/mol. The van der Waals surface area contributed by atoms with Crippen LogP contribution in [0.4, 0.5) is 8.78 Å². The Hall–Kier alpha value is -1.06. The van der Waals surface area contributed by atoms with Gasteiger partial charge < -0.3 is 0 Å². The molecule has 1 aromatic heterocycles. The Kier molecular flexibility index (Phi) is 2.20. The van der Waals surface area contributed by atoms with E-state index in [-0.39, 0.29) is 5.69 Å². The van der Waals surface area contributed by atoms with Crippen molar-refractivity contribution in [2.75, 3.05) is 0 Å². The van der Waals surface area contributed by atoms with E-state index in [1.165, 1.54) is 25.1 Å². The summed E-state index contributed by atoms with van der Waals surface area (Å²) in [5, 5.41) is 0. The minimum absolute atomic E-state index is 0.161. The van der Waals surface area contributed by atoms with Crippen molar-refractivity contribution in [3.63, 3.8) is 0 Å². The van der Waals surface area contributed by atoms with E-state index in [0.29, 0.717) is 11.7 Å². The molecule has 0 aliphatic heterocycles. The Labute approximate surface area is 75.0 Å². The van der Waals surface area contributed by atoms with Crippen molar-refractivity contribution in [1.29, 1.82) is 0 Å². The third-order valence-corrected chi connectivity index (χ3v) is 2.12. The molecule has 1 saturated carbocycles. The third kappa shape index (κ3) is 2.20. The number of aromatic nitrogens is 2. The fourth-order valence-corrected chi connectivity index (χ4v) is 1.21. The Balaban J connectivity index is 2.11. The molecule has 70 valence electrons. The maximum atomic E-state index is 12.2. The van der Waals surface area contributed by atoms with Gasteiger partial charge in [-0.05, 0) is 24.8 Å². The highest BCUT2D eigenvalue weighted by Gasteiger charge is 2.23. The zero-order chi connectivity index (χ0) is 9.26. The van der Waals surface area contributed by atoms with Gasteiger partial charge in [0, 0.05) is 12.6 Å². The molecule has 1 aromatic rings. The maximum Gasteiger partial charge on any atom is 0.280 e. The lowest BCUT2D eigenvalue weighted by Crippen LogP contribution is -2.00. The van der Waals surface area contributed by atoms with Crippen molar-refractivity contribution in [3.05, 3.63) is 23.8 Å². The second kappa shape index (κ2) is 3.36. The predicted molar refractivity (Wildman–Crippen MR) is 43.4 cm³/mol. The molecule has 0 amide bonds. The van der Waals surface area contributed by atoms with Gasteiger partial charge in [-0.15, -0.1) is 0 Å². The summed E-state index contributed by atoms with van der Waals surface area (Å²) >= 11 is 0. The van der Waals surface area contributed by atoms with Crippen LogP contribution < -0.4 is 0 Å². The van der Waals surface area contributed by atoms with Crippen LogP contribution in [-0.4, -0.2) is 9.97 Å². The van der Waals surface area contributed by atoms with E-state index in [4.69, 9.17) is 0 Å². The van der Waals surface area contributed by atoms with Crippen LogP contribution in [0.1, 0.15) is 30.8 Å². The topological polar surface area (TPSA) is 25.8 Å². The van der Waals surface area contributed by atoms with Gasteiger partial charge >= 0.3 is 0 Å². The van der Waals surface area contributed by atoms with Gasteiger partial charge in [0.05, 0.1) is 0 Å². The molecule has 0 radical (unpaired) electrons. The summed E-state index contributed by atoms with van der Waals surface area (Å²) in [5.41, 5.74) is -0.161. The number of alkyl halides is 2. The first-order valence-electron chi connectivity index (χ1n) is 4.35. The number of rotatable bonds is 3. The van der Waals surface area contributed by atoms with E-state index in [0.717, 1.165) is 6.42 Å². The quantitative estimate of drug-likeness (QED) is 0.720. The zero-order valence-corrected chi connectivity index (χ0v) is 7.08. The lowest BCUT2D eigenvalue weighted by atomic mass is 10.3. The average Bonchev–Trinajstić information content (AvgIpc) is 2.89. The number of halogens is 2. The Morgan fingerprint density at radius 1 is 1.46 bits per heavy atom. The van der Waals surface area contributed by atoms with Crippen molar-refractivity contribution in [2.45, 2.75) is 25.7 Å². The van der Waals surface area contributed by atoms with Crippen molar-refractivity contribution >= 4 is 0 Å². The van der Waals surface area contributed by atoms with Gasteiger partial charge in [0.2, 0.25) is 0 Å². The van der Waals surface area contributed by atoms with Crippen LogP contribution in [0.3, 0.4) is 0 Å². The van der Waals surface area contributed by atoms with Crippen LogP contribution >= 0.6 is 0 Å². The third-order valence-electron chi connectivity index (χ3n) is 2.12. The molecule has 1 aliphatic rings. The summed E-state index contributed by atoms with van der Waals surface area (Å²) in [7, 11) is 0. The first-order valence-corrected chi connectivity index (χ1v) is 4.35. The van der Waals surface area contributed by atoms with E-state index in [2.05, 4.69) is 9.97 Å². The molecule has 2 rings (SSSR count). The smallest absolute Gasteiger partial charge is 0.241 e. The molecular formula is C9H10F2N2. The number of nitrogens with zero attached hydrogens (tertiary/aromatic N) is 2. The highest BCUT2D eigenvalue weighted by atomic mass is 19.3. The molecule has 13 heavy (non-hydrogen) atoms. The highest BCUT2D eigenvalue weighted by molar-refractivity contribution is 5.04. The first-order chi connectivity index (χ1) is 6.25. The molecule has 0 unspecified atom stereocenters. The second-order valence-electron chi connectivity index (χ2n) is 3.35. The minimum Gasteiger partial charge on any atom is -0.241 e. The maximum absolute atomic E-state index is 12.2. The number of hydrogen-bond donors (Lipinski definition) is 0. The van der Waals surface area contributed by atoms with Crippen LogP contribution in [-0.2, 0) is 6.42 Å². The lowest BCUT2D eigenvalue weighted by molar-refractivity contribution is 0.145. The SMILES string of the molecule is FC(F)c1ccnc(CC2CC2)n1. The molecule has 1 heterocycles. The van der Waals surface area contributed by atoms with Crippen molar-refractivity contribution in [1.82, 2.24) is 9.97 Å². The van der Waals surface area contributed by atoms with E-state index < -0.39 is 6.43 Å². The summed E-state index contributed by atoms with van der Waals surface area (Å²) in [6.07, 6.45) is 2.04. The predicted octanol–water partition coefficient (Wildman–Crippen LogP) is 2.37. The van der Waals surface area contributed by atoms with Crippen LogP contribution in [0.15, 0.2) is 12.3 Å². The molecule has 0 atom stereocenters. The van der Waals surface area contributed by atoms with Gasteiger partial charge in [0.15, 0.2) is 0 Å². The van der Waals surface area contributed by atoms with E-state index in [1.807, 2.05) is 0 Å². The molecule has 0 aromatic carbocycles. The van der Waals surface area contributed by atoms with Gasteiger partial charge in [-0.1, -0.05) is 0 Å². The van der Waals surface area contributed by atoms with Crippen LogP contribution in [0.25, 0.3) is 0 Å². The van der Waals surface area contributed by atoms with Crippen molar-refractivity contribution in [3.8, 4) is 0 Å². The molecule has 2 nitrogen and oxygen atoms in total. The molecule has 1 aliphatic carbocycles. The van der Waals surface area contributed by atoms with E-state index in [9.17, 15) is 8.78 Å². The Morgan fingerprint density at radius 2 is 2.23 bits per heavy atom. The normalized spacial score (nSPS) is 16.5. The molecule has 0 saturated heterocycles. The van der Waals surface area contributed by atoms with Crippen LogP contribution in [0.2, 0.25) is 0 Å². The van der Waals surface area contributed by atoms with Crippen LogP contribution in [0, 0.1) is 5.92 Å². The lowest BCUT2D eigenvalue weighted by Gasteiger charge is -2.01. The monoisotopic (exact) mass is 184 g/mol. The van der Waals surface area contributed by atoms with E-state index in [1.54, 1.807) is 0 Å². The summed E-state index contributed by atoms with van der Waals surface area (Å²) in [6, 6.07) is 1.26. The molecule has 1 fully saturated rings. The van der Waals surface area contributed by atoms with Crippen molar-refractivity contribution in [2.24, 2.45) is 5.92 Å². The largest absolute Gasteiger partial charge is 0.280 e. The fourth-order valence-electron chi connectivity index (χ4n) is 1.21. The van der Waals surface area contributed by atoms with Gasteiger partial charge in [-0.25, -0.2) is 18.7 Å². The highest BCUT2D eigenvalue weighted by Crippen LogP contribution is 2.31. The summed E-state index contributed by atoms with van der Waals surface area (Å²) in [4.78, 5) is 7.75. The molecule has 0 bridgehead atoms. The van der Waals surface area contributed by atoms with Crippen LogP contribution in [0.5, 0.6) is 0 Å². The van der Waals surface area contributed by atoms with Crippen molar-refractivity contribution < 1.29 is 8.78 Å². The van der Waals surface area contributed by atoms with Gasteiger partial charge in [-0.2, -0.15) is 0 Å². The summed E-state index contributed by atoms with van der Waals surface area (Å²) in [6.45, 7) is 0. The summed E-state index contributed by atoms with van der Waals surface area (Å²) in [5.74, 6) is 1.19. The minimum atomic E-state index is -2.49. The molecule has 4 heteroatoms. The standard InChI is InChI=1S/C9H10F2N2/c10-9(11)7-3-4-12-8(13-7)5-6-1-2-6/h3-4,6,9H,1-2,5H2. The second-order valence-corrected chi connectivity index (χ2v) is 3.35. The molecule has 0 N–H and O–H groups in total. The Morgan fingerprint density at radius 3 is 2.85 bits per heavy atom. The van der Waals surface area contributed by atoms with E-state index >= 15 is 0 Å². The van der Waals surface area contributed by atoms with Gasteiger partial charge in [-0.3, -0.25) is 0 Å². The number of hydrogen-bond acceptors (Lipinski definition) is 2. The van der Waals surface area contributed by atoms with Gasteiger partial charge in [0.25, 0.3) is 6.43 Å². The summed E-state index contributed by atoms with van der Waals surface area (Å²) < 4.78 is 24.4. The zero-order valence-electron chi connectivity index (χ0n) is 7.08. The first kappa shape index (κ1) is 8.53. The fraction of sp³-hybridized carbons (Fsp3) is 0.556. The molecular weight excluding hydrogens is 174 g/mol. The van der Waals surface area contributed by atoms with Gasteiger partial charge in [0.1, 0.15) is 11.5 Å².